The summed E-state index contributed by atoms with van der Waals surface area (Å²) in [6.07, 6.45) is 6.55. The van der Waals surface area contributed by atoms with Gasteiger partial charge in [-0.15, -0.1) is 11.3 Å². The highest BCUT2D eigenvalue weighted by molar-refractivity contribution is 7.11. The van der Waals surface area contributed by atoms with Gasteiger partial charge in [0.15, 0.2) is 5.82 Å². The largest absolute Gasteiger partial charge is 0.363 e. The summed E-state index contributed by atoms with van der Waals surface area (Å²) in [7, 11) is 0. The second-order valence-corrected chi connectivity index (χ2v) is 4.86. The number of aromatic nitrogens is 1. The molecule has 1 aliphatic heterocycles. The molecule has 2 heterocycles. The van der Waals surface area contributed by atoms with Crippen LogP contribution in [0.3, 0.4) is 0 Å². The first-order chi connectivity index (χ1) is 8.15. The van der Waals surface area contributed by atoms with Gasteiger partial charge in [-0.05, 0) is 13.0 Å². The van der Waals surface area contributed by atoms with Crippen LogP contribution in [0.15, 0.2) is 30.5 Å². The number of nitro groups is 1. The van der Waals surface area contributed by atoms with E-state index < -0.39 is 4.92 Å². The van der Waals surface area contributed by atoms with Crippen molar-refractivity contribution in [2.75, 3.05) is 6.54 Å². The molecule has 0 atom stereocenters. The molecule has 0 saturated heterocycles. The summed E-state index contributed by atoms with van der Waals surface area (Å²) in [5, 5.41) is 14.5. The second kappa shape index (κ2) is 4.96. The first kappa shape index (κ1) is 11.6. The third-order valence-electron chi connectivity index (χ3n) is 2.22. The third-order valence-corrected chi connectivity index (χ3v) is 3.12. The summed E-state index contributed by atoms with van der Waals surface area (Å²) in [6, 6.07) is 0. The maximum atomic E-state index is 10.5. The summed E-state index contributed by atoms with van der Waals surface area (Å²) in [4.78, 5) is 17.1. The fraction of sp³-hybridized carbons (Fsp3) is 0.300. The van der Waals surface area contributed by atoms with Crippen molar-refractivity contribution >= 4 is 11.3 Å². The van der Waals surface area contributed by atoms with Gasteiger partial charge in [0, 0.05) is 23.8 Å². The number of hydrogen-bond acceptors (Lipinski definition) is 6. The third kappa shape index (κ3) is 3.04. The number of nitrogens with zero attached hydrogens (tertiary/aromatic N) is 3. The molecule has 0 bridgehead atoms. The van der Waals surface area contributed by atoms with Crippen molar-refractivity contribution in [3.63, 3.8) is 0 Å². The minimum atomic E-state index is -0.452. The van der Waals surface area contributed by atoms with Gasteiger partial charge >= 0.3 is 0 Å². The highest BCUT2D eigenvalue weighted by Gasteiger charge is 2.15. The maximum Gasteiger partial charge on any atom is 0.274 e. The number of hydrogen-bond donors (Lipinski definition) is 1. The van der Waals surface area contributed by atoms with Gasteiger partial charge in [0.05, 0.1) is 16.5 Å². The Morgan fingerprint density at radius 1 is 1.76 bits per heavy atom. The normalized spacial score (nSPS) is 17.2. The van der Waals surface area contributed by atoms with E-state index in [0.29, 0.717) is 18.9 Å². The molecule has 1 aromatic heterocycles. The van der Waals surface area contributed by atoms with Crippen LogP contribution >= 0.6 is 11.3 Å². The van der Waals surface area contributed by atoms with Crippen LogP contribution in [-0.2, 0) is 6.54 Å². The molecule has 7 heteroatoms. The van der Waals surface area contributed by atoms with Crippen LogP contribution in [0.4, 0.5) is 0 Å². The van der Waals surface area contributed by atoms with Crippen molar-refractivity contribution in [3.8, 4) is 0 Å². The lowest BCUT2D eigenvalue weighted by Crippen LogP contribution is -2.32. The van der Waals surface area contributed by atoms with E-state index in [1.807, 2.05) is 19.2 Å². The highest BCUT2D eigenvalue weighted by Crippen LogP contribution is 2.17. The molecule has 0 amide bonds. The zero-order valence-electron chi connectivity index (χ0n) is 9.29. The van der Waals surface area contributed by atoms with Crippen molar-refractivity contribution in [1.82, 2.24) is 15.2 Å². The van der Waals surface area contributed by atoms with Crippen LogP contribution in [0, 0.1) is 17.0 Å². The van der Waals surface area contributed by atoms with Crippen LogP contribution in [-0.4, -0.2) is 21.4 Å². The van der Waals surface area contributed by atoms with Gasteiger partial charge in [0.25, 0.3) is 6.20 Å². The van der Waals surface area contributed by atoms with E-state index >= 15 is 0 Å². The molecule has 0 aromatic carbocycles. The Balaban J connectivity index is 2.14. The van der Waals surface area contributed by atoms with Crippen LogP contribution in [0.25, 0.3) is 0 Å². The van der Waals surface area contributed by atoms with Gasteiger partial charge in [-0.1, -0.05) is 0 Å². The number of rotatable bonds is 3. The molecule has 6 nitrogen and oxygen atoms in total. The molecule has 0 aliphatic carbocycles. The predicted molar refractivity (Wildman–Crippen MR) is 64.6 cm³/mol. The highest BCUT2D eigenvalue weighted by atomic mass is 32.1. The number of aryl methyl sites for hydroxylation is 1. The van der Waals surface area contributed by atoms with E-state index in [1.165, 1.54) is 0 Å². The SMILES string of the molecule is Cc1ncc(CN2C=CCNC2=C[N+](=O)[O-])s1. The Morgan fingerprint density at radius 3 is 3.24 bits per heavy atom. The van der Waals surface area contributed by atoms with Gasteiger partial charge in [-0.3, -0.25) is 10.1 Å². The smallest absolute Gasteiger partial charge is 0.274 e. The molecule has 0 radical (unpaired) electrons. The zero-order valence-corrected chi connectivity index (χ0v) is 10.1. The molecule has 0 saturated carbocycles. The standard InChI is InChI=1S/C10H12N4O2S/c1-8-12-5-9(17-8)6-13-4-2-3-11-10(13)7-14(15)16/h2,4-5,7,11H,3,6H2,1H3. The van der Waals surface area contributed by atoms with Crippen molar-refractivity contribution in [2.24, 2.45) is 0 Å². The first-order valence-corrected chi connectivity index (χ1v) is 5.90. The van der Waals surface area contributed by atoms with Crippen molar-refractivity contribution < 1.29 is 4.92 Å². The Hall–Kier alpha value is -1.89. The average molecular weight is 252 g/mol. The topological polar surface area (TPSA) is 71.3 Å². The van der Waals surface area contributed by atoms with Crippen molar-refractivity contribution in [2.45, 2.75) is 13.5 Å². The van der Waals surface area contributed by atoms with Crippen LogP contribution in [0.5, 0.6) is 0 Å². The van der Waals surface area contributed by atoms with Gasteiger partial charge in [-0.25, -0.2) is 4.98 Å². The zero-order chi connectivity index (χ0) is 12.3. The lowest BCUT2D eigenvalue weighted by Gasteiger charge is -2.25. The molecule has 0 unspecified atom stereocenters. The number of nitrogens with one attached hydrogen (secondary N) is 1. The Kier molecular flexibility index (Phi) is 3.38. The predicted octanol–water partition coefficient (Wildman–Crippen LogP) is 1.45. The van der Waals surface area contributed by atoms with Crippen molar-refractivity contribution in [1.29, 1.82) is 0 Å². The van der Waals surface area contributed by atoms with E-state index in [9.17, 15) is 10.1 Å². The second-order valence-electron chi connectivity index (χ2n) is 3.54. The van der Waals surface area contributed by atoms with Gasteiger partial charge in [0.2, 0.25) is 0 Å². The minimum Gasteiger partial charge on any atom is -0.363 e. The van der Waals surface area contributed by atoms with E-state index in [-0.39, 0.29) is 0 Å². The maximum absolute atomic E-state index is 10.5. The van der Waals surface area contributed by atoms with E-state index in [1.54, 1.807) is 22.4 Å². The molecule has 1 N–H and O–H groups in total. The Morgan fingerprint density at radius 2 is 2.59 bits per heavy atom. The molecule has 0 fully saturated rings. The summed E-state index contributed by atoms with van der Waals surface area (Å²) in [5.41, 5.74) is 0. The van der Waals surface area contributed by atoms with Crippen LogP contribution in [0.1, 0.15) is 9.88 Å². The molecule has 1 aromatic rings. The van der Waals surface area contributed by atoms with Gasteiger partial charge in [0.1, 0.15) is 0 Å². The fourth-order valence-electron chi connectivity index (χ4n) is 1.53. The minimum absolute atomic E-state index is 0.452. The summed E-state index contributed by atoms with van der Waals surface area (Å²) in [6.45, 7) is 3.14. The number of thiazole rings is 1. The van der Waals surface area contributed by atoms with E-state index in [0.717, 1.165) is 16.1 Å². The van der Waals surface area contributed by atoms with Gasteiger partial charge < -0.3 is 10.2 Å². The fourth-order valence-corrected chi connectivity index (χ4v) is 2.32. The van der Waals surface area contributed by atoms with Crippen LogP contribution < -0.4 is 5.32 Å². The molecule has 17 heavy (non-hydrogen) atoms. The molecular formula is C10H12N4O2S. The molecule has 1 aliphatic rings. The monoisotopic (exact) mass is 252 g/mol. The van der Waals surface area contributed by atoms with Gasteiger partial charge in [-0.2, -0.15) is 0 Å². The van der Waals surface area contributed by atoms with E-state index in [2.05, 4.69) is 10.3 Å². The van der Waals surface area contributed by atoms with E-state index in [4.69, 9.17) is 0 Å². The summed E-state index contributed by atoms with van der Waals surface area (Å²) in [5.74, 6) is 0.503. The molecule has 0 spiro atoms. The summed E-state index contributed by atoms with van der Waals surface area (Å²) < 4.78 is 0. The Bertz CT molecular complexity index is 480. The quantitative estimate of drug-likeness (QED) is 0.651. The summed E-state index contributed by atoms with van der Waals surface area (Å²) >= 11 is 1.59. The lowest BCUT2D eigenvalue weighted by molar-refractivity contribution is -0.404. The first-order valence-electron chi connectivity index (χ1n) is 5.09. The van der Waals surface area contributed by atoms with Crippen molar-refractivity contribution in [3.05, 3.63) is 50.5 Å². The molecular weight excluding hydrogens is 240 g/mol. The molecule has 90 valence electrons. The average Bonchev–Trinajstić information content (AvgIpc) is 2.66. The molecule has 2 rings (SSSR count). The Labute approximate surface area is 102 Å². The van der Waals surface area contributed by atoms with Crippen LogP contribution in [0.2, 0.25) is 0 Å². The lowest BCUT2D eigenvalue weighted by atomic mass is 10.4.